The summed E-state index contributed by atoms with van der Waals surface area (Å²) in [5.41, 5.74) is -0.711. The summed E-state index contributed by atoms with van der Waals surface area (Å²) in [7, 11) is 1.56. The van der Waals surface area contributed by atoms with Crippen molar-refractivity contribution >= 4 is 5.91 Å². The Labute approximate surface area is 99.8 Å². The molecule has 94 valence electrons. The first-order valence-electron chi connectivity index (χ1n) is 5.71. The van der Waals surface area contributed by atoms with Crippen molar-refractivity contribution in [1.82, 2.24) is 5.32 Å². The van der Waals surface area contributed by atoms with E-state index in [-0.39, 0.29) is 18.2 Å². The van der Waals surface area contributed by atoms with Crippen molar-refractivity contribution in [3.05, 3.63) is 23.7 Å². The fourth-order valence-electron chi connectivity index (χ4n) is 1.81. The zero-order valence-electron chi connectivity index (χ0n) is 9.86. The summed E-state index contributed by atoms with van der Waals surface area (Å²) in [5.74, 6) is 0.563. The number of aliphatic hydroxyl groups is 1. The van der Waals surface area contributed by atoms with Gasteiger partial charge in [0.25, 0.3) is 5.91 Å². The van der Waals surface area contributed by atoms with Gasteiger partial charge in [0, 0.05) is 13.7 Å². The number of hydrogen-bond donors (Lipinski definition) is 2. The highest BCUT2D eigenvalue weighted by molar-refractivity contribution is 5.91. The van der Waals surface area contributed by atoms with Crippen LogP contribution in [0.5, 0.6) is 0 Å². The van der Waals surface area contributed by atoms with Gasteiger partial charge in [-0.2, -0.15) is 0 Å². The molecule has 0 atom stereocenters. The Morgan fingerprint density at radius 3 is 2.94 bits per heavy atom. The highest BCUT2D eigenvalue weighted by atomic mass is 16.5. The molecule has 0 bridgehead atoms. The third-order valence-corrected chi connectivity index (χ3v) is 3.03. The van der Waals surface area contributed by atoms with Crippen LogP contribution < -0.4 is 5.32 Å². The van der Waals surface area contributed by atoms with Crippen molar-refractivity contribution in [3.8, 4) is 0 Å². The molecule has 1 aliphatic rings. The molecule has 1 aromatic rings. The van der Waals surface area contributed by atoms with Crippen molar-refractivity contribution in [3.63, 3.8) is 0 Å². The largest absolute Gasteiger partial charge is 0.453 e. The average Bonchev–Trinajstić information content (AvgIpc) is 2.72. The first-order chi connectivity index (χ1) is 8.13. The predicted octanol–water partition coefficient (Wildman–Crippen LogP) is 1.07. The lowest BCUT2D eigenvalue weighted by Crippen LogP contribution is -2.47. The lowest BCUT2D eigenvalue weighted by molar-refractivity contribution is -0.0302. The maximum Gasteiger partial charge on any atom is 0.287 e. The zero-order chi connectivity index (χ0) is 12.3. The monoisotopic (exact) mass is 239 g/mol. The zero-order valence-corrected chi connectivity index (χ0v) is 9.86. The summed E-state index contributed by atoms with van der Waals surface area (Å²) in [4.78, 5) is 11.7. The Morgan fingerprint density at radius 2 is 2.35 bits per heavy atom. The topological polar surface area (TPSA) is 71.7 Å². The maximum atomic E-state index is 11.7. The number of nitrogens with one attached hydrogen (secondary N) is 1. The van der Waals surface area contributed by atoms with Crippen LogP contribution in [0.3, 0.4) is 0 Å². The van der Waals surface area contributed by atoms with Crippen LogP contribution in [0.1, 0.15) is 35.6 Å². The molecule has 5 nitrogen and oxygen atoms in total. The van der Waals surface area contributed by atoms with Crippen molar-refractivity contribution in [2.75, 3.05) is 13.7 Å². The summed E-state index contributed by atoms with van der Waals surface area (Å²) < 4.78 is 10.2. The SMILES string of the molecule is COCc1ccc(C(=O)NCC2(O)CCC2)o1. The van der Waals surface area contributed by atoms with Gasteiger partial charge in [0.2, 0.25) is 0 Å². The van der Waals surface area contributed by atoms with E-state index in [2.05, 4.69) is 5.32 Å². The molecule has 0 aromatic carbocycles. The highest BCUT2D eigenvalue weighted by Gasteiger charge is 2.34. The lowest BCUT2D eigenvalue weighted by Gasteiger charge is -2.36. The smallest absolute Gasteiger partial charge is 0.287 e. The molecule has 17 heavy (non-hydrogen) atoms. The summed E-state index contributed by atoms with van der Waals surface area (Å²) in [5, 5.41) is 12.5. The number of furan rings is 1. The van der Waals surface area contributed by atoms with Crippen molar-refractivity contribution < 1.29 is 19.1 Å². The molecule has 1 aliphatic carbocycles. The van der Waals surface area contributed by atoms with Gasteiger partial charge in [-0.1, -0.05) is 0 Å². The molecule has 0 aliphatic heterocycles. The molecule has 1 saturated carbocycles. The van der Waals surface area contributed by atoms with Crippen LogP contribution in [0, 0.1) is 0 Å². The van der Waals surface area contributed by atoms with E-state index in [1.165, 1.54) is 0 Å². The molecule has 1 heterocycles. The Bertz CT molecular complexity index is 395. The number of ether oxygens (including phenoxy) is 1. The molecule has 2 N–H and O–H groups in total. The second-order valence-corrected chi connectivity index (χ2v) is 4.46. The molecule has 0 unspecified atom stereocenters. The van der Waals surface area contributed by atoms with E-state index < -0.39 is 5.60 Å². The normalized spacial score (nSPS) is 17.5. The van der Waals surface area contributed by atoms with Crippen LogP contribution in [-0.2, 0) is 11.3 Å². The van der Waals surface area contributed by atoms with Gasteiger partial charge in [0.15, 0.2) is 5.76 Å². The van der Waals surface area contributed by atoms with E-state index >= 15 is 0 Å². The fourth-order valence-corrected chi connectivity index (χ4v) is 1.81. The molecular weight excluding hydrogens is 222 g/mol. The van der Waals surface area contributed by atoms with Gasteiger partial charge < -0.3 is 19.6 Å². The second kappa shape index (κ2) is 4.89. The van der Waals surface area contributed by atoms with Crippen LogP contribution >= 0.6 is 0 Å². The number of carbonyl (C=O) groups excluding carboxylic acids is 1. The van der Waals surface area contributed by atoms with E-state index in [4.69, 9.17) is 9.15 Å². The number of amides is 1. The molecule has 5 heteroatoms. The molecule has 1 fully saturated rings. The summed E-state index contributed by atoms with van der Waals surface area (Å²) >= 11 is 0. The molecule has 1 amide bonds. The third-order valence-electron chi connectivity index (χ3n) is 3.03. The van der Waals surface area contributed by atoms with Crippen LogP contribution in [0.2, 0.25) is 0 Å². The van der Waals surface area contributed by atoms with E-state index in [0.717, 1.165) is 19.3 Å². The number of methoxy groups -OCH3 is 1. The third kappa shape index (κ3) is 2.87. The quantitative estimate of drug-likeness (QED) is 0.806. The van der Waals surface area contributed by atoms with Gasteiger partial charge in [-0.15, -0.1) is 0 Å². The number of rotatable bonds is 5. The second-order valence-electron chi connectivity index (χ2n) is 4.46. The van der Waals surface area contributed by atoms with E-state index in [0.29, 0.717) is 12.4 Å². The Balaban J connectivity index is 1.85. The summed E-state index contributed by atoms with van der Waals surface area (Å²) in [6.45, 7) is 0.628. The Kier molecular flexibility index (Phi) is 3.49. The minimum Gasteiger partial charge on any atom is -0.453 e. The van der Waals surface area contributed by atoms with Crippen molar-refractivity contribution in [2.24, 2.45) is 0 Å². The van der Waals surface area contributed by atoms with E-state index in [1.54, 1.807) is 19.2 Å². The first kappa shape index (κ1) is 12.1. The van der Waals surface area contributed by atoms with Crippen LogP contribution in [0.15, 0.2) is 16.5 Å². The van der Waals surface area contributed by atoms with Gasteiger partial charge in [-0.3, -0.25) is 4.79 Å². The highest BCUT2D eigenvalue weighted by Crippen LogP contribution is 2.30. The van der Waals surface area contributed by atoms with Gasteiger partial charge in [-0.05, 0) is 31.4 Å². The molecule has 2 rings (SSSR count). The van der Waals surface area contributed by atoms with Crippen LogP contribution in [-0.4, -0.2) is 30.3 Å². The number of carbonyl (C=O) groups is 1. The fraction of sp³-hybridized carbons (Fsp3) is 0.583. The minimum atomic E-state index is -0.711. The average molecular weight is 239 g/mol. The standard InChI is InChI=1S/C12H17NO4/c1-16-7-9-3-4-10(17-9)11(14)13-8-12(15)5-2-6-12/h3-4,15H,2,5-8H2,1H3,(H,13,14). The molecule has 0 radical (unpaired) electrons. The van der Waals surface area contributed by atoms with E-state index in [1.807, 2.05) is 0 Å². The molecule has 0 saturated heterocycles. The molecule has 1 aromatic heterocycles. The van der Waals surface area contributed by atoms with E-state index in [9.17, 15) is 9.90 Å². The summed E-state index contributed by atoms with van der Waals surface area (Å²) in [6.07, 6.45) is 2.52. The van der Waals surface area contributed by atoms with Crippen molar-refractivity contribution in [1.29, 1.82) is 0 Å². The van der Waals surface area contributed by atoms with Crippen molar-refractivity contribution in [2.45, 2.75) is 31.5 Å². The Morgan fingerprint density at radius 1 is 1.59 bits per heavy atom. The van der Waals surface area contributed by atoms with Crippen LogP contribution in [0.25, 0.3) is 0 Å². The van der Waals surface area contributed by atoms with Gasteiger partial charge in [0.05, 0.1) is 5.60 Å². The van der Waals surface area contributed by atoms with Gasteiger partial charge >= 0.3 is 0 Å². The minimum absolute atomic E-state index is 0.250. The number of hydrogen-bond acceptors (Lipinski definition) is 4. The lowest BCUT2D eigenvalue weighted by atomic mass is 9.80. The summed E-state index contributed by atoms with van der Waals surface area (Å²) in [6, 6.07) is 3.31. The predicted molar refractivity (Wildman–Crippen MR) is 60.6 cm³/mol. The van der Waals surface area contributed by atoms with Gasteiger partial charge in [-0.25, -0.2) is 0 Å². The van der Waals surface area contributed by atoms with Gasteiger partial charge in [0.1, 0.15) is 12.4 Å². The molecular formula is C12H17NO4. The molecule has 0 spiro atoms. The maximum absolute atomic E-state index is 11.7. The van der Waals surface area contributed by atoms with Crippen LogP contribution in [0.4, 0.5) is 0 Å². The first-order valence-corrected chi connectivity index (χ1v) is 5.71. The Hall–Kier alpha value is -1.33.